The molecule has 1 saturated heterocycles. The zero-order valence-electron chi connectivity index (χ0n) is 9.33. The zero-order chi connectivity index (χ0) is 13.5. The van der Waals surface area contributed by atoms with Gasteiger partial charge in [0.25, 0.3) is 0 Å². The Bertz CT molecular complexity index is 402. The summed E-state index contributed by atoms with van der Waals surface area (Å²) >= 11 is 0. The molecule has 3 unspecified atom stereocenters. The Morgan fingerprint density at radius 2 is 2.06 bits per heavy atom. The second-order valence-corrected chi connectivity index (χ2v) is 4.41. The fourth-order valence-electron chi connectivity index (χ4n) is 2.14. The van der Waals surface area contributed by atoms with Crippen molar-refractivity contribution in [1.29, 1.82) is 0 Å². The van der Waals surface area contributed by atoms with Crippen molar-refractivity contribution >= 4 is 11.9 Å². The van der Waals surface area contributed by atoms with E-state index in [4.69, 9.17) is 9.47 Å². The van der Waals surface area contributed by atoms with Gasteiger partial charge < -0.3 is 9.47 Å². The van der Waals surface area contributed by atoms with Crippen molar-refractivity contribution in [3.63, 3.8) is 0 Å². The Balaban J connectivity index is 1.97. The number of alkyl halides is 3. The van der Waals surface area contributed by atoms with Gasteiger partial charge in [0, 0.05) is 6.42 Å². The van der Waals surface area contributed by atoms with Crippen molar-refractivity contribution in [3.8, 4) is 0 Å². The standard InChI is InChI=1S/C11H11F3O4/c1-5(11(12,13)14)9(15)17-7-3-2-6-4-8(7)18-10(6)16/h6-8H,1-4H2. The average Bonchev–Trinajstić information content (AvgIpc) is 2.57. The largest absolute Gasteiger partial charge is 0.458 e. The highest BCUT2D eigenvalue weighted by atomic mass is 19.4. The van der Waals surface area contributed by atoms with E-state index in [1.54, 1.807) is 0 Å². The summed E-state index contributed by atoms with van der Waals surface area (Å²) < 4.78 is 46.3. The van der Waals surface area contributed by atoms with Crippen LogP contribution in [-0.4, -0.2) is 30.3 Å². The minimum atomic E-state index is -4.80. The summed E-state index contributed by atoms with van der Waals surface area (Å²) in [6.45, 7) is 2.66. The number of carbonyl (C=O) groups is 2. The quantitative estimate of drug-likeness (QED) is 0.563. The molecule has 1 aliphatic heterocycles. The van der Waals surface area contributed by atoms with Crippen LogP contribution in [0, 0.1) is 5.92 Å². The molecule has 1 saturated carbocycles. The Labute approximate surface area is 101 Å². The van der Waals surface area contributed by atoms with E-state index in [0.717, 1.165) is 0 Å². The van der Waals surface area contributed by atoms with Crippen LogP contribution < -0.4 is 0 Å². The summed E-state index contributed by atoms with van der Waals surface area (Å²) in [5, 5.41) is 0. The van der Waals surface area contributed by atoms with Gasteiger partial charge in [-0.15, -0.1) is 0 Å². The lowest BCUT2D eigenvalue weighted by Gasteiger charge is -2.26. The number of hydrogen-bond acceptors (Lipinski definition) is 4. The first-order chi connectivity index (χ1) is 8.29. The van der Waals surface area contributed by atoms with E-state index in [-0.39, 0.29) is 11.9 Å². The summed E-state index contributed by atoms with van der Waals surface area (Å²) in [6.07, 6.45) is -5.04. The maximum Gasteiger partial charge on any atom is 0.422 e. The Hall–Kier alpha value is -1.53. The topological polar surface area (TPSA) is 52.6 Å². The Morgan fingerprint density at radius 1 is 1.39 bits per heavy atom. The predicted molar refractivity (Wildman–Crippen MR) is 52.3 cm³/mol. The van der Waals surface area contributed by atoms with Crippen LogP contribution in [0.2, 0.25) is 0 Å². The Morgan fingerprint density at radius 3 is 2.67 bits per heavy atom. The molecule has 2 aliphatic rings. The third kappa shape index (κ3) is 2.34. The predicted octanol–water partition coefficient (Wildman–Crippen LogP) is 1.74. The average molecular weight is 264 g/mol. The molecule has 4 nitrogen and oxygen atoms in total. The fourth-order valence-corrected chi connectivity index (χ4v) is 2.14. The van der Waals surface area contributed by atoms with Crippen molar-refractivity contribution in [2.75, 3.05) is 0 Å². The van der Waals surface area contributed by atoms with Gasteiger partial charge in [-0.3, -0.25) is 4.79 Å². The highest BCUT2D eigenvalue weighted by Gasteiger charge is 2.46. The van der Waals surface area contributed by atoms with E-state index < -0.39 is 29.9 Å². The molecule has 0 aromatic rings. The van der Waals surface area contributed by atoms with Crippen molar-refractivity contribution in [3.05, 3.63) is 12.2 Å². The van der Waals surface area contributed by atoms with Gasteiger partial charge in [0.1, 0.15) is 17.8 Å². The van der Waals surface area contributed by atoms with Crippen LogP contribution in [0.25, 0.3) is 0 Å². The zero-order valence-corrected chi connectivity index (χ0v) is 9.33. The molecular formula is C11H11F3O4. The van der Waals surface area contributed by atoms with Crippen LogP contribution in [0.1, 0.15) is 19.3 Å². The molecule has 0 spiro atoms. The molecule has 0 amide bonds. The van der Waals surface area contributed by atoms with Gasteiger partial charge in [-0.2, -0.15) is 13.2 Å². The number of esters is 2. The van der Waals surface area contributed by atoms with Gasteiger partial charge in [0.2, 0.25) is 0 Å². The number of fused-ring (bicyclic) bond motifs is 2. The maximum atomic E-state index is 12.2. The maximum absolute atomic E-state index is 12.2. The minimum absolute atomic E-state index is 0.212. The van der Waals surface area contributed by atoms with Gasteiger partial charge >= 0.3 is 18.1 Å². The third-order valence-electron chi connectivity index (χ3n) is 3.18. The molecule has 0 N–H and O–H groups in total. The van der Waals surface area contributed by atoms with Crippen molar-refractivity contribution < 1.29 is 32.2 Å². The molecule has 18 heavy (non-hydrogen) atoms. The molecule has 1 aliphatic carbocycles. The smallest absolute Gasteiger partial charge is 0.422 e. The molecule has 2 rings (SSSR count). The molecule has 0 aromatic carbocycles. The number of rotatable bonds is 2. The summed E-state index contributed by atoms with van der Waals surface area (Å²) in [5.41, 5.74) is -1.55. The molecule has 100 valence electrons. The number of ether oxygens (including phenoxy) is 2. The SMILES string of the molecule is C=C(C(=O)OC1CCC2CC1OC2=O)C(F)(F)F. The number of hydrogen-bond donors (Lipinski definition) is 0. The molecular weight excluding hydrogens is 253 g/mol. The first-order valence-corrected chi connectivity index (χ1v) is 5.46. The van der Waals surface area contributed by atoms with E-state index in [0.29, 0.717) is 19.3 Å². The van der Waals surface area contributed by atoms with E-state index in [9.17, 15) is 22.8 Å². The summed E-state index contributed by atoms with van der Waals surface area (Å²) in [6, 6.07) is 0. The first kappa shape index (κ1) is 12.9. The molecule has 0 radical (unpaired) electrons. The monoisotopic (exact) mass is 264 g/mol. The van der Waals surface area contributed by atoms with E-state index in [2.05, 4.69) is 6.58 Å². The van der Waals surface area contributed by atoms with E-state index in [1.807, 2.05) is 0 Å². The fraction of sp³-hybridized carbons (Fsp3) is 0.636. The Kier molecular flexibility index (Phi) is 3.08. The second kappa shape index (κ2) is 4.29. The highest BCUT2D eigenvalue weighted by molar-refractivity contribution is 5.89. The van der Waals surface area contributed by atoms with E-state index >= 15 is 0 Å². The van der Waals surface area contributed by atoms with Gasteiger partial charge in [0.05, 0.1) is 5.92 Å². The minimum Gasteiger partial charge on any atom is -0.458 e. The van der Waals surface area contributed by atoms with Crippen LogP contribution in [0.5, 0.6) is 0 Å². The van der Waals surface area contributed by atoms with Crippen LogP contribution >= 0.6 is 0 Å². The van der Waals surface area contributed by atoms with Gasteiger partial charge in [-0.1, -0.05) is 6.58 Å². The van der Waals surface area contributed by atoms with Crippen molar-refractivity contribution in [2.45, 2.75) is 37.6 Å². The summed E-state index contributed by atoms with van der Waals surface area (Å²) in [4.78, 5) is 22.5. The second-order valence-electron chi connectivity index (χ2n) is 4.41. The van der Waals surface area contributed by atoms with Crippen LogP contribution in [0.15, 0.2) is 12.2 Å². The van der Waals surface area contributed by atoms with Crippen LogP contribution in [-0.2, 0) is 19.1 Å². The summed E-state index contributed by atoms with van der Waals surface area (Å²) in [5.74, 6) is -2.09. The van der Waals surface area contributed by atoms with Gasteiger partial charge in [-0.05, 0) is 12.8 Å². The van der Waals surface area contributed by atoms with Gasteiger partial charge in [0.15, 0.2) is 0 Å². The number of halogens is 3. The van der Waals surface area contributed by atoms with Crippen LogP contribution in [0.3, 0.4) is 0 Å². The van der Waals surface area contributed by atoms with E-state index in [1.165, 1.54) is 0 Å². The highest BCUT2D eigenvalue weighted by Crippen LogP contribution is 2.36. The third-order valence-corrected chi connectivity index (χ3v) is 3.18. The van der Waals surface area contributed by atoms with Crippen molar-refractivity contribution in [2.24, 2.45) is 5.92 Å². The van der Waals surface area contributed by atoms with Gasteiger partial charge in [-0.25, -0.2) is 4.79 Å². The summed E-state index contributed by atoms with van der Waals surface area (Å²) in [7, 11) is 0. The van der Waals surface area contributed by atoms with Crippen LogP contribution in [0.4, 0.5) is 13.2 Å². The lowest BCUT2D eigenvalue weighted by molar-refractivity contribution is -0.165. The lowest BCUT2D eigenvalue weighted by Crippen LogP contribution is -2.35. The lowest BCUT2D eigenvalue weighted by atomic mass is 9.88. The molecule has 2 fully saturated rings. The molecule has 2 bridgehead atoms. The first-order valence-electron chi connectivity index (χ1n) is 5.46. The molecule has 3 atom stereocenters. The molecule has 0 aromatic heterocycles. The molecule has 7 heteroatoms. The number of carbonyl (C=O) groups excluding carboxylic acids is 2. The van der Waals surface area contributed by atoms with Crippen molar-refractivity contribution in [1.82, 2.24) is 0 Å². The normalized spacial score (nSPS) is 30.8. The molecule has 1 heterocycles.